The Labute approximate surface area is 304 Å². The van der Waals surface area contributed by atoms with E-state index < -0.39 is 62.0 Å². The number of carbonyl (C=O) groups is 4. The molecular weight excluding hydrogens is 695 g/mol. The van der Waals surface area contributed by atoms with E-state index in [9.17, 15) is 32.7 Å². The molecule has 3 heterocycles. The number of nitrogens with zero attached hydrogens (tertiary/aromatic N) is 4. The van der Waals surface area contributed by atoms with E-state index >= 15 is 0 Å². The van der Waals surface area contributed by atoms with Gasteiger partial charge in [0.2, 0.25) is 17.6 Å². The van der Waals surface area contributed by atoms with Gasteiger partial charge in [0.1, 0.15) is 23.2 Å². The molecule has 280 valence electrons. The Kier molecular flexibility index (Phi) is 11.9. The van der Waals surface area contributed by atoms with Gasteiger partial charge in [-0.25, -0.2) is 13.1 Å². The molecule has 2 aliphatic heterocycles. The van der Waals surface area contributed by atoms with Crippen molar-refractivity contribution in [2.45, 2.75) is 125 Å². The van der Waals surface area contributed by atoms with Crippen molar-refractivity contribution in [2.75, 3.05) is 23.4 Å². The number of aromatic nitrogens is 3. The van der Waals surface area contributed by atoms with E-state index in [1.165, 1.54) is 23.2 Å². The molecule has 0 radical (unpaired) electrons. The predicted octanol–water partition coefficient (Wildman–Crippen LogP) is 2.72. The summed E-state index contributed by atoms with van der Waals surface area (Å²) in [6, 6.07) is 4.03. The standard InChI is InChI=1S/C35H51N7O7S2/c1-22(2)51(48,49)26-12-10-24(11-13-26)38-27(18-23-8-6-5-7-9-23)33(46)41-21-25(42-29(20-37-40-42)34(3,4)47)19-28(41)32(45)39-35(30(43)31(36)44)14-16-50-17-15-35/h10-13,20,22-23,25,27-28,38,47H,5-9,14-19,21H2,1-4H3,(H2,36,44)(H,39,45)/t25-,27+,28-/m0/s1. The highest BCUT2D eigenvalue weighted by Crippen LogP contribution is 2.35. The van der Waals surface area contributed by atoms with Crippen LogP contribution in [0.25, 0.3) is 0 Å². The van der Waals surface area contributed by atoms with Gasteiger partial charge in [-0.3, -0.25) is 19.2 Å². The molecular formula is C35H51N7O7S2. The fourth-order valence-electron chi connectivity index (χ4n) is 7.51. The highest BCUT2D eigenvalue weighted by atomic mass is 32.2. The third-order valence-corrected chi connectivity index (χ3v) is 13.7. The average molecular weight is 746 g/mol. The van der Waals surface area contributed by atoms with Crippen LogP contribution in [-0.2, 0) is 34.6 Å². The van der Waals surface area contributed by atoms with Crippen molar-refractivity contribution < 1.29 is 32.7 Å². The van der Waals surface area contributed by atoms with E-state index in [1.54, 1.807) is 56.3 Å². The SMILES string of the molecule is CC(C)S(=O)(=O)c1ccc(N[C@H](CC2CCCCC2)C(=O)N2C[C@@H](n3nncc3C(C)(C)O)C[C@H]2C(=O)NC2(C(=O)C(N)=O)CCSCC2)cc1. The number of rotatable bonds is 13. The first-order chi connectivity index (χ1) is 24.0. The number of nitrogens with one attached hydrogen (secondary N) is 2. The third kappa shape index (κ3) is 8.60. The summed E-state index contributed by atoms with van der Waals surface area (Å²) in [6.45, 7) is 6.53. The lowest BCUT2D eigenvalue weighted by Crippen LogP contribution is -2.63. The summed E-state index contributed by atoms with van der Waals surface area (Å²) in [7, 11) is -3.49. The Morgan fingerprint density at radius 1 is 1.08 bits per heavy atom. The molecule has 1 aromatic carbocycles. The van der Waals surface area contributed by atoms with Crippen molar-refractivity contribution in [2.24, 2.45) is 11.7 Å². The molecule has 14 nitrogen and oxygen atoms in total. The fourth-order valence-corrected chi connectivity index (χ4v) is 9.76. The van der Waals surface area contributed by atoms with Gasteiger partial charge in [0.05, 0.1) is 28.1 Å². The molecule has 3 fully saturated rings. The van der Waals surface area contributed by atoms with Crippen LogP contribution in [0, 0.1) is 5.92 Å². The number of Topliss-reactive ketones (excluding diaryl/α,β-unsaturated/α-hetero) is 1. The topological polar surface area (TPSA) is 207 Å². The molecule has 2 saturated heterocycles. The van der Waals surface area contributed by atoms with Gasteiger partial charge in [0.25, 0.3) is 5.91 Å². The number of carbonyl (C=O) groups excluding carboxylic acids is 4. The quantitative estimate of drug-likeness (QED) is 0.219. The number of primary amides is 1. The minimum atomic E-state index is -3.49. The molecule has 5 N–H and O–H groups in total. The summed E-state index contributed by atoms with van der Waals surface area (Å²) >= 11 is 1.61. The van der Waals surface area contributed by atoms with Crippen LogP contribution in [0.3, 0.4) is 0 Å². The minimum absolute atomic E-state index is 0.0738. The van der Waals surface area contributed by atoms with Crippen molar-refractivity contribution in [1.29, 1.82) is 0 Å². The summed E-state index contributed by atoms with van der Waals surface area (Å²) in [5, 5.41) is 24.8. The lowest BCUT2D eigenvalue weighted by molar-refractivity contribution is -0.144. The normalized spacial score (nSPS) is 22.0. The van der Waals surface area contributed by atoms with E-state index in [-0.39, 0.29) is 42.5 Å². The van der Waals surface area contributed by atoms with Gasteiger partial charge in [-0.05, 0) is 88.6 Å². The molecule has 0 bridgehead atoms. The molecule has 2 aromatic rings. The maximum Gasteiger partial charge on any atom is 0.287 e. The maximum absolute atomic E-state index is 14.8. The third-order valence-electron chi connectivity index (χ3n) is 10.5. The summed E-state index contributed by atoms with van der Waals surface area (Å²) < 4.78 is 27.1. The number of thioether (sulfide) groups is 1. The molecule has 3 amide bonds. The Morgan fingerprint density at radius 3 is 2.31 bits per heavy atom. The van der Waals surface area contributed by atoms with Crippen LogP contribution in [0.2, 0.25) is 0 Å². The number of hydrogen-bond acceptors (Lipinski definition) is 11. The monoisotopic (exact) mass is 745 g/mol. The second-order valence-electron chi connectivity index (χ2n) is 15.0. The highest BCUT2D eigenvalue weighted by molar-refractivity contribution is 7.99. The summed E-state index contributed by atoms with van der Waals surface area (Å²) in [5.74, 6) is -1.52. The summed E-state index contributed by atoms with van der Waals surface area (Å²) in [5.41, 5.74) is 3.66. The Hall–Kier alpha value is -3.50. The van der Waals surface area contributed by atoms with Crippen molar-refractivity contribution in [3.63, 3.8) is 0 Å². The van der Waals surface area contributed by atoms with Crippen molar-refractivity contribution >= 4 is 50.8 Å². The van der Waals surface area contributed by atoms with Crippen molar-refractivity contribution in [3.8, 4) is 0 Å². The van der Waals surface area contributed by atoms with Crippen LogP contribution in [0.15, 0.2) is 35.4 Å². The smallest absolute Gasteiger partial charge is 0.287 e. The van der Waals surface area contributed by atoms with Crippen LogP contribution in [-0.4, -0.2) is 97.8 Å². The first-order valence-corrected chi connectivity index (χ1v) is 20.5. The second kappa shape index (κ2) is 15.6. The number of aliphatic hydroxyl groups is 1. The van der Waals surface area contributed by atoms with E-state index in [0.29, 0.717) is 29.3 Å². The van der Waals surface area contributed by atoms with Gasteiger partial charge in [0, 0.05) is 18.7 Å². The molecule has 1 aliphatic carbocycles. The van der Waals surface area contributed by atoms with Gasteiger partial charge in [0.15, 0.2) is 9.84 Å². The lowest BCUT2D eigenvalue weighted by Gasteiger charge is -2.37. The first-order valence-electron chi connectivity index (χ1n) is 17.8. The number of likely N-dealkylation sites (tertiary alicyclic amines) is 1. The summed E-state index contributed by atoms with van der Waals surface area (Å²) in [4.78, 5) is 56.2. The number of benzene rings is 1. The summed E-state index contributed by atoms with van der Waals surface area (Å²) in [6.07, 6.45) is 7.73. The zero-order valence-corrected chi connectivity index (χ0v) is 31.5. The van der Waals surface area contributed by atoms with Gasteiger partial charge in [-0.15, -0.1) is 5.10 Å². The molecule has 16 heteroatoms. The maximum atomic E-state index is 14.8. The number of hydrogen-bond donors (Lipinski definition) is 4. The van der Waals surface area contributed by atoms with Crippen LogP contribution >= 0.6 is 11.8 Å². The zero-order valence-electron chi connectivity index (χ0n) is 29.8. The molecule has 3 atom stereocenters. The number of amides is 3. The van der Waals surface area contributed by atoms with Crippen molar-refractivity contribution in [3.05, 3.63) is 36.2 Å². The zero-order chi connectivity index (χ0) is 37.1. The second-order valence-corrected chi connectivity index (χ2v) is 18.7. The first kappa shape index (κ1) is 38.7. The van der Waals surface area contributed by atoms with E-state index in [2.05, 4.69) is 20.9 Å². The molecule has 0 spiro atoms. The van der Waals surface area contributed by atoms with Crippen molar-refractivity contribution in [1.82, 2.24) is 25.2 Å². The Morgan fingerprint density at radius 2 is 1.73 bits per heavy atom. The number of ketones is 1. The predicted molar refractivity (Wildman–Crippen MR) is 193 cm³/mol. The largest absolute Gasteiger partial charge is 0.384 e. The van der Waals surface area contributed by atoms with Gasteiger partial charge in [-0.2, -0.15) is 11.8 Å². The van der Waals surface area contributed by atoms with Gasteiger partial charge >= 0.3 is 0 Å². The van der Waals surface area contributed by atoms with E-state index in [1.807, 2.05) is 0 Å². The van der Waals surface area contributed by atoms with Gasteiger partial charge in [-0.1, -0.05) is 37.3 Å². The molecule has 0 unspecified atom stereocenters. The van der Waals surface area contributed by atoms with E-state index in [0.717, 1.165) is 32.1 Å². The van der Waals surface area contributed by atoms with Crippen LogP contribution in [0.4, 0.5) is 5.69 Å². The van der Waals surface area contributed by atoms with E-state index in [4.69, 9.17) is 5.73 Å². The molecule has 1 saturated carbocycles. The average Bonchev–Trinajstić information content (AvgIpc) is 3.77. The molecule has 3 aliphatic rings. The Bertz CT molecular complexity index is 1690. The van der Waals surface area contributed by atoms with Crippen LogP contribution in [0.1, 0.15) is 97.2 Å². The molecule has 1 aromatic heterocycles. The Balaban J connectivity index is 1.49. The highest BCUT2D eigenvalue weighted by Gasteiger charge is 2.49. The van der Waals surface area contributed by atoms with Crippen LogP contribution in [0.5, 0.6) is 0 Å². The number of nitrogens with two attached hydrogens (primary N) is 1. The number of anilines is 1. The fraction of sp³-hybridized carbons (Fsp3) is 0.657. The lowest BCUT2D eigenvalue weighted by atomic mass is 9.84. The molecule has 51 heavy (non-hydrogen) atoms. The molecule has 5 rings (SSSR count). The van der Waals surface area contributed by atoms with Crippen LogP contribution < -0.4 is 16.4 Å². The number of sulfone groups is 1. The minimum Gasteiger partial charge on any atom is -0.384 e. The van der Waals surface area contributed by atoms with Gasteiger partial charge < -0.3 is 26.4 Å².